The quantitative estimate of drug-likeness (QED) is 0.141. The van der Waals surface area contributed by atoms with E-state index in [0.29, 0.717) is 29.8 Å². The molecule has 7 nitrogen and oxygen atoms in total. The van der Waals surface area contributed by atoms with Crippen LogP contribution in [0, 0.1) is 13.8 Å². The van der Waals surface area contributed by atoms with Crippen molar-refractivity contribution in [3.8, 4) is 40.0 Å². The fourth-order valence-electron chi connectivity index (χ4n) is 7.80. The summed E-state index contributed by atoms with van der Waals surface area (Å²) in [6.45, 7) is 8.48. The molecule has 0 N–H and O–H groups in total. The zero-order valence-electron chi connectivity index (χ0n) is 30.4. The molecule has 0 amide bonds. The molecular formula is C44H39BFN4O3+. The third kappa shape index (κ3) is 5.73. The minimum absolute atomic E-state index is 0.00151. The highest BCUT2D eigenvalue weighted by Gasteiger charge is 2.50. The van der Waals surface area contributed by atoms with E-state index in [1.165, 1.54) is 0 Å². The molecule has 0 fully saturated rings. The smallest absolute Gasteiger partial charge is 0.481 e. The van der Waals surface area contributed by atoms with Crippen LogP contribution in [-0.4, -0.2) is 53.2 Å². The van der Waals surface area contributed by atoms with Crippen LogP contribution in [0.2, 0.25) is 0 Å². The first-order valence-electron chi connectivity index (χ1n) is 17.6. The van der Waals surface area contributed by atoms with Crippen LogP contribution in [-0.2, 0) is 6.42 Å². The fraction of sp³-hybridized carbons (Fsp3) is 0.159. The van der Waals surface area contributed by atoms with Crippen LogP contribution in [0.1, 0.15) is 50.7 Å². The van der Waals surface area contributed by atoms with E-state index in [2.05, 4.69) is 53.0 Å². The predicted molar refractivity (Wildman–Crippen MR) is 210 cm³/mol. The van der Waals surface area contributed by atoms with Gasteiger partial charge in [0, 0.05) is 45.8 Å². The van der Waals surface area contributed by atoms with Crippen molar-refractivity contribution < 1.29 is 23.0 Å². The van der Waals surface area contributed by atoms with Crippen LogP contribution < -0.4 is 14.2 Å². The molecule has 0 saturated heterocycles. The highest BCUT2D eigenvalue weighted by atomic mass is 19.1. The Morgan fingerprint density at radius 3 is 2.15 bits per heavy atom. The van der Waals surface area contributed by atoms with Crippen LogP contribution >= 0.6 is 0 Å². The van der Waals surface area contributed by atoms with Gasteiger partial charge in [-0.1, -0.05) is 72.8 Å². The van der Waals surface area contributed by atoms with E-state index in [1.807, 2.05) is 97.2 Å². The van der Waals surface area contributed by atoms with Gasteiger partial charge in [-0.25, -0.2) is 13.8 Å². The third-order valence-corrected chi connectivity index (χ3v) is 10.3. The number of benzene rings is 3. The Kier molecular flexibility index (Phi) is 8.78. The van der Waals surface area contributed by atoms with Crippen LogP contribution in [0.3, 0.4) is 0 Å². The number of aryl methyl sites for hydroxylation is 1. The van der Waals surface area contributed by atoms with E-state index in [9.17, 15) is 0 Å². The number of methoxy groups -OCH3 is 3. The molecule has 3 aromatic heterocycles. The number of rotatable bonds is 9. The lowest BCUT2D eigenvalue weighted by Gasteiger charge is -2.21. The van der Waals surface area contributed by atoms with Crippen molar-refractivity contribution in [1.29, 1.82) is 0 Å². The van der Waals surface area contributed by atoms with E-state index < -0.39 is 7.26 Å². The van der Waals surface area contributed by atoms with Gasteiger partial charge in [-0.15, -0.1) is 0 Å². The number of fused-ring (bicyclic) bond motifs is 2. The molecule has 9 heteroatoms. The maximum Gasteiger partial charge on any atom is 0.846 e. The summed E-state index contributed by atoms with van der Waals surface area (Å²) in [5.74, 6) is 1.51. The van der Waals surface area contributed by atoms with Gasteiger partial charge >= 0.3 is 7.26 Å². The number of nitrogens with zero attached hydrogens (tertiary/aromatic N) is 4. The van der Waals surface area contributed by atoms with Crippen LogP contribution in [0.15, 0.2) is 116 Å². The lowest BCUT2D eigenvalue weighted by molar-refractivity contribution is -0.287. The van der Waals surface area contributed by atoms with Crippen molar-refractivity contribution in [2.45, 2.75) is 26.2 Å². The SMILES string of the molecule is C=C1c2ccc(-c3ccc(OC)nc3OC)cc2C(c2ccccc2)=[N+]1B(F)n1c(C)c2c(c1-c1ccccc1)CC(c1ccc(C)nc1OC)C=C2. The number of aromatic nitrogens is 3. The fourth-order valence-corrected chi connectivity index (χ4v) is 7.80. The van der Waals surface area contributed by atoms with E-state index in [1.54, 1.807) is 25.8 Å². The van der Waals surface area contributed by atoms with Gasteiger partial charge in [-0.05, 0) is 85.5 Å². The summed E-state index contributed by atoms with van der Waals surface area (Å²) >= 11 is 0. The van der Waals surface area contributed by atoms with Crippen molar-refractivity contribution >= 4 is 24.7 Å². The molecule has 1 aliphatic carbocycles. The van der Waals surface area contributed by atoms with Crippen molar-refractivity contribution in [3.05, 3.63) is 161 Å². The molecule has 1 aliphatic heterocycles. The van der Waals surface area contributed by atoms with Gasteiger partial charge in [0.25, 0.3) is 0 Å². The summed E-state index contributed by atoms with van der Waals surface area (Å²) in [5.41, 5.74) is 12.2. The summed E-state index contributed by atoms with van der Waals surface area (Å²) in [6.07, 6.45) is 4.98. The first-order valence-corrected chi connectivity index (χ1v) is 17.6. The molecule has 0 bridgehead atoms. The van der Waals surface area contributed by atoms with Gasteiger partial charge < -0.3 is 14.2 Å². The largest absolute Gasteiger partial charge is 0.846 e. The van der Waals surface area contributed by atoms with Gasteiger partial charge in [-0.2, -0.15) is 4.98 Å². The number of hydrogen-bond donors (Lipinski definition) is 0. The summed E-state index contributed by atoms with van der Waals surface area (Å²) in [4.78, 5) is 9.17. The monoisotopic (exact) mass is 701 g/mol. The zero-order chi connectivity index (χ0) is 36.8. The second-order valence-corrected chi connectivity index (χ2v) is 13.3. The van der Waals surface area contributed by atoms with Crippen molar-refractivity contribution in [2.24, 2.45) is 0 Å². The summed E-state index contributed by atoms with van der Waals surface area (Å²) < 4.78 is 38.5. The number of hydrogen-bond acceptors (Lipinski definition) is 5. The molecule has 2 aliphatic rings. The van der Waals surface area contributed by atoms with E-state index in [4.69, 9.17) is 14.2 Å². The predicted octanol–water partition coefficient (Wildman–Crippen LogP) is 8.94. The summed E-state index contributed by atoms with van der Waals surface area (Å²) in [7, 11) is 3.19. The van der Waals surface area contributed by atoms with Crippen molar-refractivity contribution in [1.82, 2.24) is 14.4 Å². The number of pyridine rings is 2. The minimum Gasteiger partial charge on any atom is -0.481 e. The summed E-state index contributed by atoms with van der Waals surface area (Å²) in [5, 5.41) is 0. The third-order valence-electron chi connectivity index (χ3n) is 10.3. The van der Waals surface area contributed by atoms with Gasteiger partial charge in [-0.3, -0.25) is 4.48 Å². The highest BCUT2D eigenvalue weighted by Crippen LogP contribution is 2.43. The van der Waals surface area contributed by atoms with Crippen LogP contribution in [0.4, 0.5) is 4.32 Å². The second-order valence-electron chi connectivity index (χ2n) is 13.3. The maximum absolute atomic E-state index is 18.2. The molecule has 0 saturated carbocycles. The van der Waals surface area contributed by atoms with Gasteiger partial charge in [0.1, 0.15) is 0 Å². The molecule has 8 rings (SSSR count). The molecule has 4 heterocycles. The van der Waals surface area contributed by atoms with Gasteiger partial charge in [0.2, 0.25) is 23.4 Å². The molecule has 53 heavy (non-hydrogen) atoms. The van der Waals surface area contributed by atoms with E-state index in [-0.39, 0.29) is 5.92 Å². The number of allylic oxidation sites excluding steroid dienone is 1. The molecule has 0 spiro atoms. The Morgan fingerprint density at radius 1 is 0.755 bits per heavy atom. The first kappa shape index (κ1) is 33.9. The lowest BCUT2D eigenvalue weighted by atomic mass is 9.84. The molecule has 0 radical (unpaired) electrons. The Morgan fingerprint density at radius 2 is 1.45 bits per heavy atom. The van der Waals surface area contributed by atoms with Crippen LogP contribution in [0.5, 0.6) is 17.6 Å². The van der Waals surface area contributed by atoms with Crippen molar-refractivity contribution in [3.63, 3.8) is 0 Å². The summed E-state index contributed by atoms with van der Waals surface area (Å²) in [6, 6.07) is 34.0. The van der Waals surface area contributed by atoms with Crippen LogP contribution in [0.25, 0.3) is 34.2 Å². The van der Waals surface area contributed by atoms with E-state index in [0.717, 1.165) is 72.9 Å². The Balaban J connectivity index is 1.31. The maximum atomic E-state index is 18.2. The van der Waals surface area contributed by atoms with Gasteiger partial charge in [0.15, 0.2) is 5.70 Å². The molecule has 1 atom stereocenters. The molecule has 6 aromatic rings. The standard InChI is InChI=1S/C44H39BFN4O3/c1-27-17-20-36(43(47-27)52-5)32-18-21-34-28(2)49(41(38(34)25-32)30-13-9-7-10-14-30)45(46)50-29(3)35-22-19-33(37-23-24-40(51-4)48-44(37)53-6)26-39(35)42(50)31-15-11-8-12-16-31/h7-24,26,32H,3,25H2,1-2,4-6H3/q+1. The Labute approximate surface area is 309 Å². The Bertz CT molecular complexity index is 2460. The average Bonchev–Trinajstić information content (AvgIpc) is 3.67. The highest BCUT2D eigenvalue weighted by molar-refractivity contribution is 6.45. The number of ether oxygens (including phenoxy) is 3. The van der Waals surface area contributed by atoms with E-state index >= 15 is 4.32 Å². The normalized spacial score (nSPS) is 14.6. The topological polar surface area (TPSA) is 61.4 Å². The molecule has 262 valence electrons. The van der Waals surface area contributed by atoms with Gasteiger partial charge in [0.05, 0.1) is 32.5 Å². The second kappa shape index (κ2) is 13.7. The number of halogens is 1. The average molecular weight is 702 g/mol. The first-order chi connectivity index (χ1) is 25.8. The Hall–Kier alpha value is -6.22. The minimum atomic E-state index is -1.63. The van der Waals surface area contributed by atoms with Crippen molar-refractivity contribution in [2.75, 3.05) is 21.3 Å². The molecular weight excluding hydrogens is 662 g/mol. The molecule has 3 aromatic carbocycles. The zero-order valence-corrected chi connectivity index (χ0v) is 30.4. The molecule has 1 unspecified atom stereocenters. The lowest BCUT2D eigenvalue weighted by Crippen LogP contribution is -2.36.